The maximum Gasteiger partial charge on any atom is 0.375 e. The van der Waals surface area contributed by atoms with Gasteiger partial charge in [0.2, 0.25) is 11.9 Å². The largest absolute Gasteiger partial charge is 0.467 e. The first kappa shape index (κ1) is 14.6. The highest BCUT2D eigenvalue weighted by Gasteiger charge is 2.35. The van der Waals surface area contributed by atoms with Crippen LogP contribution in [0.1, 0.15) is 6.92 Å². The second-order valence-electron chi connectivity index (χ2n) is 3.22. The summed E-state index contributed by atoms with van der Waals surface area (Å²) in [6.07, 6.45) is 0. The van der Waals surface area contributed by atoms with E-state index in [9.17, 15) is 14.4 Å². The third-order valence-corrected chi connectivity index (χ3v) is 2.09. The van der Waals surface area contributed by atoms with Gasteiger partial charge in [-0.15, -0.1) is 0 Å². The van der Waals surface area contributed by atoms with Gasteiger partial charge in [0.1, 0.15) is 0 Å². The fraction of sp³-hybridized carbons (Fsp3) is 0.500. The minimum atomic E-state index is -1.36. The average molecular weight is 271 g/mol. The Bertz CT molecular complexity index is 456. The van der Waals surface area contributed by atoms with Crippen LogP contribution in [-0.4, -0.2) is 56.3 Å². The number of carbonyl (C=O) groups excluding carboxylic acids is 3. The van der Waals surface area contributed by atoms with Gasteiger partial charge in [0, 0.05) is 0 Å². The molecular weight excluding hydrogens is 258 g/mol. The van der Waals surface area contributed by atoms with E-state index in [0.29, 0.717) is 0 Å². The highest BCUT2D eigenvalue weighted by atomic mass is 16.5. The summed E-state index contributed by atoms with van der Waals surface area (Å²) in [5.74, 6) is -2.77. The van der Waals surface area contributed by atoms with Crippen LogP contribution >= 0.6 is 0 Å². The van der Waals surface area contributed by atoms with E-state index >= 15 is 0 Å². The molecule has 1 rings (SSSR count). The number of ether oxygens (including phenoxy) is 3. The van der Waals surface area contributed by atoms with E-state index in [1.54, 1.807) is 6.92 Å². The maximum atomic E-state index is 11.5. The summed E-state index contributed by atoms with van der Waals surface area (Å²) >= 11 is 0. The van der Waals surface area contributed by atoms with Gasteiger partial charge in [0.25, 0.3) is 0 Å². The molecule has 0 aromatic carbocycles. The van der Waals surface area contributed by atoms with E-state index in [1.807, 2.05) is 0 Å². The van der Waals surface area contributed by atoms with Crippen LogP contribution in [-0.2, 0) is 28.6 Å². The Kier molecular flexibility index (Phi) is 4.98. The van der Waals surface area contributed by atoms with Crippen molar-refractivity contribution in [3.05, 3.63) is 0 Å². The van der Waals surface area contributed by atoms with Gasteiger partial charge in [0.15, 0.2) is 5.71 Å². The lowest BCUT2D eigenvalue weighted by molar-refractivity contribution is -0.142. The number of aliphatic imine (C=N–C) groups is 1. The van der Waals surface area contributed by atoms with Crippen LogP contribution in [0.3, 0.4) is 0 Å². The summed E-state index contributed by atoms with van der Waals surface area (Å²) in [6.45, 7) is 1.75. The number of hydrogen-bond acceptors (Lipinski definition) is 9. The van der Waals surface area contributed by atoms with Crippen LogP contribution in [0.4, 0.5) is 0 Å². The van der Waals surface area contributed by atoms with Gasteiger partial charge >= 0.3 is 17.9 Å². The van der Waals surface area contributed by atoms with Crippen molar-refractivity contribution >= 4 is 29.5 Å². The molecule has 1 N–H and O–H groups in total. The zero-order valence-corrected chi connectivity index (χ0v) is 10.6. The van der Waals surface area contributed by atoms with E-state index in [0.717, 1.165) is 14.2 Å². The Balaban J connectivity index is 3.01. The molecule has 9 heteroatoms. The molecule has 19 heavy (non-hydrogen) atoms. The van der Waals surface area contributed by atoms with Crippen molar-refractivity contribution in [1.29, 1.82) is 0 Å². The summed E-state index contributed by atoms with van der Waals surface area (Å²) in [5, 5.41) is 3.60. The lowest BCUT2D eigenvalue weighted by atomic mass is 10.1. The number of carbonyl (C=O) groups is 3. The average Bonchev–Trinajstić information content (AvgIpc) is 2.45. The van der Waals surface area contributed by atoms with Crippen LogP contribution in [0.2, 0.25) is 0 Å². The molecule has 1 unspecified atom stereocenters. The lowest BCUT2D eigenvalue weighted by Gasteiger charge is -2.17. The first-order valence-electron chi connectivity index (χ1n) is 5.29. The minimum absolute atomic E-state index is 0.135. The Morgan fingerprint density at radius 2 is 1.89 bits per heavy atom. The van der Waals surface area contributed by atoms with Gasteiger partial charge in [-0.3, -0.25) is 5.43 Å². The van der Waals surface area contributed by atoms with Gasteiger partial charge in [-0.1, -0.05) is 0 Å². The number of methoxy groups -OCH3 is 2. The summed E-state index contributed by atoms with van der Waals surface area (Å²) in [7, 11) is 2.25. The molecule has 1 atom stereocenters. The molecule has 0 radical (unpaired) electrons. The number of amidine groups is 1. The molecule has 0 bridgehead atoms. The van der Waals surface area contributed by atoms with E-state index in [-0.39, 0.29) is 18.2 Å². The molecule has 0 fully saturated rings. The normalized spacial score (nSPS) is 17.5. The highest BCUT2D eigenvalue weighted by Crippen LogP contribution is 2.06. The smallest absolute Gasteiger partial charge is 0.375 e. The molecule has 0 aromatic heterocycles. The molecule has 1 aliphatic rings. The molecule has 0 aromatic rings. The zero-order valence-electron chi connectivity index (χ0n) is 10.6. The fourth-order valence-corrected chi connectivity index (χ4v) is 1.23. The van der Waals surface area contributed by atoms with Crippen molar-refractivity contribution in [2.24, 2.45) is 10.1 Å². The molecule has 0 amide bonds. The van der Waals surface area contributed by atoms with Crippen molar-refractivity contribution in [1.82, 2.24) is 5.43 Å². The van der Waals surface area contributed by atoms with Gasteiger partial charge in [-0.25, -0.2) is 19.4 Å². The first-order valence-corrected chi connectivity index (χ1v) is 5.29. The second-order valence-corrected chi connectivity index (χ2v) is 3.22. The Labute approximate surface area is 108 Å². The highest BCUT2D eigenvalue weighted by molar-refractivity contribution is 6.45. The predicted octanol–water partition coefficient (Wildman–Crippen LogP) is -1.38. The fourth-order valence-electron chi connectivity index (χ4n) is 1.23. The van der Waals surface area contributed by atoms with Crippen molar-refractivity contribution in [3.63, 3.8) is 0 Å². The molecule has 0 spiro atoms. The SMILES string of the molecule is CCOC(=O)C1=NC(C(=O)OC)C(C(=O)OC)=NN1. The molecule has 0 saturated heterocycles. The third kappa shape index (κ3) is 3.27. The minimum Gasteiger partial charge on any atom is -0.467 e. The Morgan fingerprint density at radius 3 is 2.42 bits per heavy atom. The van der Waals surface area contributed by atoms with Crippen LogP contribution in [0.25, 0.3) is 0 Å². The summed E-state index contributed by atoms with van der Waals surface area (Å²) in [6, 6.07) is -1.36. The van der Waals surface area contributed by atoms with E-state index in [1.165, 1.54) is 0 Å². The predicted molar refractivity (Wildman–Crippen MR) is 62.5 cm³/mol. The van der Waals surface area contributed by atoms with Crippen molar-refractivity contribution in [2.45, 2.75) is 13.0 Å². The molecular formula is C10H13N3O6. The van der Waals surface area contributed by atoms with Crippen LogP contribution in [0, 0.1) is 0 Å². The van der Waals surface area contributed by atoms with Crippen LogP contribution in [0.15, 0.2) is 10.1 Å². The van der Waals surface area contributed by atoms with Crippen molar-refractivity contribution < 1.29 is 28.6 Å². The van der Waals surface area contributed by atoms with Crippen LogP contribution in [0.5, 0.6) is 0 Å². The second kappa shape index (κ2) is 6.47. The van der Waals surface area contributed by atoms with Crippen molar-refractivity contribution in [3.8, 4) is 0 Å². The summed E-state index contributed by atoms with van der Waals surface area (Å²) < 4.78 is 13.6. The standard InChI is InChI=1S/C10H13N3O6/c1-4-19-10(16)7-11-5(8(14)17-2)6(12-13-7)9(15)18-3/h5H,4H2,1-3H3,(H,11,13). The Morgan fingerprint density at radius 1 is 1.21 bits per heavy atom. The lowest BCUT2D eigenvalue weighted by Crippen LogP contribution is -2.45. The number of rotatable bonds is 4. The summed E-state index contributed by atoms with van der Waals surface area (Å²) in [5.41, 5.74) is 1.93. The van der Waals surface area contributed by atoms with E-state index in [2.05, 4.69) is 25.0 Å². The molecule has 0 aliphatic carbocycles. The number of hydrogen-bond donors (Lipinski definition) is 1. The quantitative estimate of drug-likeness (QED) is 0.495. The van der Waals surface area contributed by atoms with Gasteiger partial charge in [-0.05, 0) is 6.92 Å². The Hall–Kier alpha value is -2.45. The summed E-state index contributed by atoms with van der Waals surface area (Å²) in [4.78, 5) is 38.1. The number of esters is 3. The zero-order chi connectivity index (χ0) is 14.4. The van der Waals surface area contributed by atoms with Gasteiger partial charge < -0.3 is 14.2 Å². The molecule has 0 saturated carbocycles. The monoisotopic (exact) mass is 271 g/mol. The maximum absolute atomic E-state index is 11.5. The first-order chi connectivity index (χ1) is 9.04. The molecule has 1 heterocycles. The van der Waals surface area contributed by atoms with E-state index in [4.69, 9.17) is 4.74 Å². The number of nitrogens with one attached hydrogen (secondary N) is 1. The third-order valence-electron chi connectivity index (χ3n) is 2.09. The van der Waals surface area contributed by atoms with E-state index < -0.39 is 23.9 Å². The van der Waals surface area contributed by atoms with Crippen LogP contribution < -0.4 is 5.43 Å². The molecule has 9 nitrogen and oxygen atoms in total. The number of hydrazone groups is 1. The van der Waals surface area contributed by atoms with Gasteiger partial charge in [-0.2, -0.15) is 5.10 Å². The topological polar surface area (TPSA) is 116 Å². The molecule has 104 valence electrons. The van der Waals surface area contributed by atoms with Crippen molar-refractivity contribution in [2.75, 3.05) is 20.8 Å². The number of nitrogens with zero attached hydrogens (tertiary/aromatic N) is 2. The van der Waals surface area contributed by atoms with Gasteiger partial charge in [0.05, 0.1) is 20.8 Å². The molecule has 1 aliphatic heterocycles.